The van der Waals surface area contributed by atoms with Crippen molar-refractivity contribution in [3.63, 3.8) is 0 Å². The van der Waals surface area contributed by atoms with E-state index in [1.807, 2.05) is 31.2 Å². The van der Waals surface area contributed by atoms with Gasteiger partial charge in [-0.1, -0.05) is 69.3 Å². The molecule has 0 heterocycles. The molecule has 2 rings (SSSR count). The van der Waals surface area contributed by atoms with Crippen LogP contribution in [-0.2, 0) is 6.54 Å². The van der Waals surface area contributed by atoms with Crippen LogP contribution in [0.25, 0.3) is 0 Å². The second kappa shape index (κ2) is 6.31. The number of aromatic hydroxyl groups is 1. The summed E-state index contributed by atoms with van der Waals surface area (Å²) in [6.45, 7) is 9.27. The summed E-state index contributed by atoms with van der Waals surface area (Å²) in [6.07, 6.45) is 0. The average Bonchev–Trinajstić information content (AvgIpc) is 2.43. The maximum absolute atomic E-state index is 10.1. The number of rotatable bonds is 4. The highest BCUT2D eigenvalue weighted by atomic mass is 16.3. The van der Waals surface area contributed by atoms with E-state index < -0.39 is 0 Å². The molecule has 0 radical (unpaired) electrons. The largest absolute Gasteiger partial charge is 0.507 e. The Labute approximate surface area is 127 Å². The van der Waals surface area contributed by atoms with Crippen LogP contribution in [0.4, 0.5) is 0 Å². The molecule has 0 saturated carbocycles. The molecule has 2 heteroatoms. The quantitative estimate of drug-likeness (QED) is 0.861. The number of para-hydroxylation sites is 1. The highest BCUT2D eigenvalue weighted by molar-refractivity contribution is 5.39. The van der Waals surface area contributed by atoms with Gasteiger partial charge in [0.25, 0.3) is 0 Å². The zero-order valence-electron chi connectivity index (χ0n) is 13.4. The molecule has 112 valence electrons. The average molecular weight is 283 g/mol. The minimum Gasteiger partial charge on any atom is -0.507 e. The predicted octanol–water partition coefficient (Wildman–Crippen LogP) is 4.58. The van der Waals surface area contributed by atoms with E-state index in [1.165, 1.54) is 5.56 Å². The van der Waals surface area contributed by atoms with Crippen molar-refractivity contribution in [2.45, 2.75) is 40.3 Å². The summed E-state index contributed by atoms with van der Waals surface area (Å²) in [7, 11) is 0. The smallest absolute Gasteiger partial charge is 0.122 e. The molecule has 0 bridgehead atoms. The normalized spacial score (nSPS) is 13.1. The van der Waals surface area contributed by atoms with Crippen molar-refractivity contribution >= 4 is 0 Å². The first-order valence-corrected chi connectivity index (χ1v) is 7.45. The molecule has 0 aromatic heterocycles. The van der Waals surface area contributed by atoms with Crippen molar-refractivity contribution in [3.05, 3.63) is 65.2 Å². The zero-order chi connectivity index (χ0) is 15.5. The summed E-state index contributed by atoms with van der Waals surface area (Å²) >= 11 is 0. The van der Waals surface area contributed by atoms with Gasteiger partial charge < -0.3 is 10.4 Å². The molecule has 21 heavy (non-hydrogen) atoms. The third kappa shape index (κ3) is 3.85. The molecule has 1 unspecified atom stereocenters. The third-order valence-corrected chi connectivity index (χ3v) is 3.82. The van der Waals surface area contributed by atoms with Crippen molar-refractivity contribution in [1.29, 1.82) is 0 Å². The lowest BCUT2D eigenvalue weighted by molar-refractivity contribution is 0.270. The van der Waals surface area contributed by atoms with E-state index in [1.54, 1.807) is 0 Å². The van der Waals surface area contributed by atoms with Crippen LogP contribution < -0.4 is 5.32 Å². The first-order valence-electron chi connectivity index (χ1n) is 7.45. The van der Waals surface area contributed by atoms with Crippen LogP contribution in [0.3, 0.4) is 0 Å². The minimum absolute atomic E-state index is 0.0980. The lowest BCUT2D eigenvalue weighted by Gasteiger charge is -2.32. The summed E-state index contributed by atoms with van der Waals surface area (Å²) in [4.78, 5) is 0. The maximum Gasteiger partial charge on any atom is 0.122 e. The van der Waals surface area contributed by atoms with Crippen LogP contribution in [0.2, 0.25) is 0 Å². The fourth-order valence-electron chi connectivity index (χ4n) is 2.64. The van der Waals surface area contributed by atoms with E-state index >= 15 is 0 Å². The van der Waals surface area contributed by atoms with Crippen molar-refractivity contribution in [2.24, 2.45) is 5.41 Å². The molecule has 0 saturated heterocycles. The molecule has 0 fully saturated rings. The molecule has 0 spiro atoms. The Morgan fingerprint density at radius 1 is 1.00 bits per heavy atom. The Morgan fingerprint density at radius 3 is 2.29 bits per heavy atom. The lowest BCUT2D eigenvalue weighted by Crippen LogP contribution is -2.32. The second-order valence-electron chi connectivity index (χ2n) is 6.67. The molecule has 0 amide bonds. The number of aryl methyl sites for hydroxylation is 1. The Morgan fingerprint density at radius 2 is 1.67 bits per heavy atom. The number of phenols is 1. The van der Waals surface area contributed by atoms with Gasteiger partial charge in [0, 0.05) is 18.2 Å². The number of phenolic OH excluding ortho intramolecular Hbond substituents is 1. The van der Waals surface area contributed by atoms with Gasteiger partial charge in [0.1, 0.15) is 5.75 Å². The van der Waals surface area contributed by atoms with Gasteiger partial charge in [0.2, 0.25) is 0 Å². The van der Waals surface area contributed by atoms with Crippen LogP contribution in [0.5, 0.6) is 5.75 Å². The standard InChI is InChI=1S/C19H25NO/c1-14-9-8-12-16(17(14)21)13-20-18(19(2,3)4)15-10-6-5-7-11-15/h5-12,18,20-21H,13H2,1-4H3. The SMILES string of the molecule is Cc1cccc(CNC(c2ccccc2)C(C)(C)C)c1O. The van der Waals surface area contributed by atoms with Crippen LogP contribution >= 0.6 is 0 Å². The van der Waals surface area contributed by atoms with Crippen LogP contribution in [0, 0.1) is 12.3 Å². The van der Waals surface area contributed by atoms with E-state index in [9.17, 15) is 5.11 Å². The molecule has 2 N–H and O–H groups in total. The number of hydrogen-bond acceptors (Lipinski definition) is 2. The van der Waals surface area contributed by atoms with Crippen LogP contribution in [0.1, 0.15) is 43.5 Å². The minimum atomic E-state index is 0.0980. The van der Waals surface area contributed by atoms with Crippen molar-refractivity contribution < 1.29 is 5.11 Å². The Hall–Kier alpha value is -1.80. The molecule has 2 nitrogen and oxygen atoms in total. The monoisotopic (exact) mass is 283 g/mol. The summed E-state index contributed by atoms with van der Waals surface area (Å²) in [5.41, 5.74) is 3.24. The van der Waals surface area contributed by atoms with Gasteiger partial charge in [-0.2, -0.15) is 0 Å². The van der Waals surface area contributed by atoms with Gasteiger partial charge >= 0.3 is 0 Å². The molecule has 1 atom stereocenters. The summed E-state index contributed by atoms with van der Waals surface area (Å²) in [6, 6.07) is 16.6. The lowest BCUT2D eigenvalue weighted by atomic mass is 9.82. The van der Waals surface area contributed by atoms with Crippen molar-refractivity contribution in [1.82, 2.24) is 5.32 Å². The molecule has 2 aromatic rings. The van der Waals surface area contributed by atoms with Crippen LogP contribution in [0.15, 0.2) is 48.5 Å². The highest BCUT2D eigenvalue weighted by Gasteiger charge is 2.25. The van der Waals surface area contributed by atoms with Gasteiger partial charge in [0.15, 0.2) is 0 Å². The maximum atomic E-state index is 10.1. The van der Waals surface area contributed by atoms with E-state index in [-0.39, 0.29) is 11.5 Å². The van der Waals surface area contributed by atoms with Crippen LogP contribution in [-0.4, -0.2) is 5.11 Å². The summed E-state index contributed by atoms with van der Waals surface area (Å²) < 4.78 is 0. The van der Waals surface area contributed by atoms with Gasteiger partial charge in [-0.15, -0.1) is 0 Å². The molecule has 0 aliphatic carbocycles. The molecular formula is C19H25NO. The van der Waals surface area contributed by atoms with E-state index in [4.69, 9.17) is 0 Å². The zero-order valence-corrected chi connectivity index (χ0v) is 13.4. The summed E-state index contributed by atoms with van der Waals surface area (Å²) in [5, 5.41) is 13.7. The predicted molar refractivity (Wildman–Crippen MR) is 88.3 cm³/mol. The third-order valence-electron chi connectivity index (χ3n) is 3.82. The molecule has 2 aromatic carbocycles. The summed E-state index contributed by atoms with van der Waals surface area (Å²) in [5.74, 6) is 0.394. The van der Waals surface area contributed by atoms with Gasteiger partial charge in [-0.05, 0) is 23.5 Å². The second-order valence-corrected chi connectivity index (χ2v) is 6.67. The fraction of sp³-hybridized carbons (Fsp3) is 0.368. The number of nitrogens with one attached hydrogen (secondary N) is 1. The Balaban J connectivity index is 2.19. The van der Waals surface area contributed by atoms with E-state index in [2.05, 4.69) is 50.4 Å². The molecule has 0 aliphatic rings. The first-order chi connectivity index (χ1) is 9.89. The number of hydrogen-bond donors (Lipinski definition) is 2. The highest BCUT2D eigenvalue weighted by Crippen LogP contribution is 2.33. The van der Waals surface area contributed by atoms with Gasteiger partial charge in [-0.3, -0.25) is 0 Å². The van der Waals surface area contributed by atoms with Gasteiger partial charge in [0.05, 0.1) is 0 Å². The topological polar surface area (TPSA) is 32.3 Å². The Kier molecular flexibility index (Phi) is 4.69. The Bertz CT molecular complexity index is 584. The van der Waals surface area contributed by atoms with E-state index in [0.29, 0.717) is 12.3 Å². The molecular weight excluding hydrogens is 258 g/mol. The first kappa shape index (κ1) is 15.6. The molecule has 0 aliphatic heterocycles. The van der Waals surface area contributed by atoms with Crippen molar-refractivity contribution in [2.75, 3.05) is 0 Å². The fourth-order valence-corrected chi connectivity index (χ4v) is 2.64. The van der Waals surface area contributed by atoms with Crippen molar-refractivity contribution in [3.8, 4) is 5.75 Å². The number of benzene rings is 2. The van der Waals surface area contributed by atoms with E-state index in [0.717, 1.165) is 11.1 Å². The van der Waals surface area contributed by atoms with Gasteiger partial charge in [-0.25, -0.2) is 0 Å².